The Balaban J connectivity index is 2.54. The first kappa shape index (κ1) is 15.6. The van der Waals surface area contributed by atoms with E-state index in [1.807, 2.05) is 0 Å². The van der Waals surface area contributed by atoms with Crippen molar-refractivity contribution >= 4 is 17.1 Å². The molecule has 22 heavy (non-hydrogen) atoms. The fourth-order valence-electron chi connectivity index (χ4n) is 2.16. The van der Waals surface area contributed by atoms with Gasteiger partial charge in [0, 0.05) is 17.7 Å². The standard InChI is InChI=1S/C16H16O6/c1-19-13-8-11(17)10(7-12(13)18)9-5-14(20-2)16(22-4)15(6-9)21-3/h5-8H,1-4H3. The van der Waals surface area contributed by atoms with Gasteiger partial charge in [-0.1, -0.05) is 0 Å². The van der Waals surface area contributed by atoms with E-state index in [1.165, 1.54) is 40.6 Å². The van der Waals surface area contributed by atoms with Crippen molar-refractivity contribution in [1.82, 2.24) is 0 Å². The predicted octanol–water partition coefficient (Wildman–Crippen LogP) is 1.78. The molecule has 6 heteroatoms. The Morgan fingerprint density at radius 3 is 1.77 bits per heavy atom. The van der Waals surface area contributed by atoms with Crippen LogP contribution in [0.4, 0.5) is 0 Å². The molecule has 0 fully saturated rings. The molecule has 0 unspecified atom stereocenters. The number of hydrogen-bond acceptors (Lipinski definition) is 6. The number of allylic oxidation sites excluding steroid dienone is 3. The lowest BCUT2D eigenvalue weighted by Crippen LogP contribution is -2.13. The van der Waals surface area contributed by atoms with Gasteiger partial charge in [-0.15, -0.1) is 0 Å². The normalized spacial score (nSPS) is 14.2. The van der Waals surface area contributed by atoms with E-state index in [4.69, 9.17) is 18.9 Å². The lowest BCUT2D eigenvalue weighted by atomic mass is 9.95. The second-order valence-corrected chi connectivity index (χ2v) is 4.41. The molecule has 0 heterocycles. The van der Waals surface area contributed by atoms with Crippen molar-refractivity contribution in [2.75, 3.05) is 28.4 Å². The largest absolute Gasteiger partial charge is 0.493 e. The summed E-state index contributed by atoms with van der Waals surface area (Å²) in [5, 5.41) is 0. The van der Waals surface area contributed by atoms with E-state index >= 15 is 0 Å². The molecule has 2 rings (SSSR count). The first-order chi connectivity index (χ1) is 10.5. The number of ether oxygens (including phenoxy) is 4. The van der Waals surface area contributed by atoms with E-state index in [-0.39, 0.29) is 22.9 Å². The Bertz CT molecular complexity index is 659. The highest BCUT2D eigenvalue weighted by molar-refractivity contribution is 6.34. The third kappa shape index (κ3) is 2.67. The molecule has 0 N–H and O–H groups in total. The summed E-state index contributed by atoms with van der Waals surface area (Å²) >= 11 is 0. The summed E-state index contributed by atoms with van der Waals surface area (Å²) in [5.74, 6) is 0.536. The highest BCUT2D eigenvalue weighted by Gasteiger charge is 2.24. The van der Waals surface area contributed by atoms with E-state index in [2.05, 4.69) is 0 Å². The van der Waals surface area contributed by atoms with Crippen molar-refractivity contribution in [3.05, 3.63) is 35.6 Å². The maximum Gasteiger partial charge on any atom is 0.221 e. The van der Waals surface area contributed by atoms with Crippen LogP contribution >= 0.6 is 0 Å². The molecule has 1 aromatic rings. The van der Waals surface area contributed by atoms with E-state index in [9.17, 15) is 9.59 Å². The van der Waals surface area contributed by atoms with Gasteiger partial charge in [-0.05, 0) is 17.7 Å². The van der Waals surface area contributed by atoms with Crippen LogP contribution in [0.3, 0.4) is 0 Å². The van der Waals surface area contributed by atoms with Crippen LogP contribution in [-0.4, -0.2) is 40.0 Å². The van der Waals surface area contributed by atoms with Crippen molar-refractivity contribution in [2.24, 2.45) is 0 Å². The highest BCUT2D eigenvalue weighted by Crippen LogP contribution is 2.40. The van der Waals surface area contributed by atoms with E-state index in [0.717, 1.165) is 0 Å². The van der Waals surface area contributed by atoms with Crippen LogP contribution in [0.1, 0.15) is 5.56 Å². The molecular formula is C16H16O6. The summed E-state index contributed by atoms with van der Waals surface area (Å²) in [6, 6.07) is 3.23. The lowest BCUT2D eigenvalue weighted by molar-refractivity contribution is -0.116. The fraction of sp³-hybridized carbons (Fsp3) is 0.250. The van der Waals surface area contributed by atoms with Crippen molar-refractivity contribution in [3.63, 3.8) is 0 Å². The molecule has 116 valence electrons. The van der Waals surface area contributed by atoms with Crippen LogP contribution in [0.5, 0.6) is 17.2 Å². The van der Waals surface area contributed by atoms with Crippen LogP contribution in [0.2, 0.25) is 0 Å². The first-order valence-corrected chi connectivity index (χ1v) is 6.42. The van der Waals surface area contributed by atoms with Crippen LogP contribution < -0.4 is 14.2 Å². The van der Waals surface area contributed by atoms with Gasteiger partial charge in [0.1, 0.15) is 0 Å². The van der Waals surface area contributed by atoms with Gasteiger partial charge in [0.2, 0.25) is 11.5 Å². The number of hydrogen-bond donors (Lipinski definition) is 0. The van der Waals surface area contributed by atoms with Gasteiger partial charge in [-0.25, -0.2) is 0 Å². The minimum absolute atomic E-state index is 0.0150. The molecule has 1 aliphatic carbocycles. The molecule has 0 amide bonds. The number of carbonyl (C=O) groups excluding carboxylic acids is 2. The third-order valence-electron chi connectivity index (χ3n) is 3.24. The van der Waals surface area contributed by atoms with Gasteiger partial charge >= 0.3 is 0 Å². The summed E-state index contributed by atoms with van der Waals surface area (Å²) < 4.78 is 20.6. The van der Waals surface area contributed by atoms with Gasteiger partial charge in [0.25, 0.3) is 0 Å². The first-order valence-electron chi connectivity index (χ1n) is 6.42. The monoisotopic (exact) mass is 304 g/mol. The number of carbonyl (C=O) groups is 2. The predicted molar refractivity (Wildman–Crippen MR) is 79.2 cm³/mol. The van der Waals surface area contributed by atoms with Crippen LogP contribution in [0, 0.1) is 0 Å². The van der Waals surface area contributed by atoms with Gasteiger partial charge in [0.15, 0.2) is 23.0 Å². The number of ketones is 2. The van der Waals surface area contributed by atoms with E-state index in [1.54, 1.807) is 12.1 Å². The maximum atomic E-state index is 12.2. The smallest absolute Gasteiger partial charge is 0.221 e. The van der Waals surface area contributed by atoms with Crippen LogP contribution in [0.15, 0.2) is 30.0 Å². The summed E-state index contributed by atoms with van der Waals surface area (Å²) in [6.45, 7) is 0. The van der Waals surface area contributed by atoms with Crippen LogP contribution in [0.25, 0.3) is 5.57 Å². The number of benzene rings is 1. The molecule has 0 saturated carbocycles. The molecular weight excluding hydrogens is 288 g/mol. The fourth-order valence-corrected chi connectivity index (χ4v) is 2.16. The molecule has 0 atom stereocenters. The van der Waals surface area contributed by atoms with E-state index < -0.39 is 0 Å². The number of rotatable bonds is 5. The van der Waals surface area contributed by atoms with Gasteiger partial charge in [-0.2, -0.15) is 0 Å². The molecule has 0 aliphatic heterocycles. The maximum absolute atomic E-state index is 12.2. The Labute approximate surface area is 127 Å². The summed E-state index contributed by atoms with van der Waals surface area (Å²) in [4.78, 5) is 24.1. The van der Waals surface area contributed by atoms with Crippen molar-refractivity contribution < 1.29 is 28.5 Å². The average molecular weight is 304 g/mol. The van der Waals surface area contributed by atoms with Gasteiger partial charge in [-0.3, -0.25) is 9.59 Å². The summed E-state index contributed by atoms with van der Waals surface area (Å²) in [5.41, 5.74) is 0.740. The summed E-state index contributed by atoms with van der Waals surface area (Å²) in [7, 11) is 5.79. The van der Waals surface area contributed by atoms with Gasteiger partial charge < -0.3 is 18.9 Å². The SMILES string of the molecule is COC1=CC(=O)C(c2cc(OC)c(OC)c(OC)c2)=CC1=O. The molecule has 0 spiro atoms. The zero-order valence-electron chi connectivity index (χ0n) is 12.8. The molecule has 1 aromatic carbocycles. The molecule has 6 nitrogen and oxygen atoms in total. The second kappa shape index (κ2) is 6.34. The second-order valence-electron chi connectivity index (χ2n) is 4.41. The quantitative estimate of drug-likeness (QED) is 0.772. The average Bonchev–Trinajstić information content (AvgIpc) is 2.54. The van der Waals surface area contributed by atoms with Crippen molar-refractivity contribution in [1.29, 1.82) is 0 Å². The molecule has 1 aliphatic rings. The Morgan fingerprint density at radius 2 is 1.32 bits per heavy atom. The molecule has 0 saturated heterocycles. The molecule has 0 aromatic heterocycles. The Morgan fingerprint density at radius 1 is 0.727 bits per heavy atom. The van der Waals surface area contributed by atoms with E-state index in [0.29, 0.717) is 22.8 Å². The third-order valence-corrected chi connectivity index (χ3v) is 3.24. The zero-order chi connectivity index (χ0) is 16.3. The van der Waals surface area contributed by atoms with Gasteiger partial charge in [0.05, 0.1) is 28.4 Å². The van der Waals surface area contributed by atoms with Crippen molar-refractivity contribution in [2.45, 2.75) is 0 Å². The Hall–Kier alpha value is -2.76. The highest BCUT2D eigenvalue weighted by atomic mass is 16.5. The topological polar surface area (TPSA) is 71.1 Å². The van der Waals surface area contributed by atoms with Crippen molar-refractivity contribution in [3.8, 4) is 17.2 Å². The Kier molecular flexibility index (Phi) is 4.50. The minimum atomic E-state index is -0.370. The molecule has 0 bridgehead atoms. The minimum Gasteiger partial charge on any atom is -0.493 e. The zero-order valence-corrected chi connectivity index (χ0v) is 12.8. The summed E-state index contributed by atoms with van der Waals surface area (Å²) in [6.07, 6.45) is 2.41. The number of methoxy groups -OCH3 is 4. The van der Waals surface area contributed by atoms with Crippen LogP contribution in [-0.2, 0) is 14.3 Å². The lowest BCUT2D eigenvalue weighted by Gasteiger charge is -2.16. The molecule has 0 radical (unpaired) electrons.